The molecule has 3 aromatic rings. The molecule has 0 radical (unpaired) electrons. The molecule has 32 heavy (non-hydrogen) atoms. The van der Waals surface area contributed by atoms with Gasteiger partial charge < -0.3 is 10.6 Å². The quantitative estimate of drug-likeness (QED) is 0.634. The Balaban J connectivity index is 1.26. The van der Waals surface area contributed by atoms with Crippen LogP contribution in [0.5, 0.6) is 0 Å². The van der Waals surface area contributed by atoms with Crippen molar-refractivity contribution in [2.24, 2.45) is 11.1 Å². The van der Waals surface area contributed by atoms with Gasteiger partial charge in [-0.3, -0.25) is 4.98 Å². The Morgan fingerprint density at radius 3 is 2.53 bits per heavy atom. The van der Waals surface area contributed by atoms with Gasteiger partial charge in [0.05, 0.1) is 17.3 Å². The summed E-state index contributed by atoms with van der Waals surface area (Å²) in [6.07, 6.45) is 7.06. The third-order valence-electron chi connectivity index (χ3n) is 6.34. The van der Waals surface area contributed by atoms with Crippen molar-refractivity contribution >= 4 is 17.6 Å². The van der Waals surface area contributed by atoms with Crippen LogP contribution in [0, 0.1) is 5.41 Å². The van der Waals surface area contributed by atoms with Crippen molar-refractivity contribution < 1.29 is 13.2 Å². The number of halogens is 3. The van der Waals surface area contributed by atoms with Crippen molar-refractivity contribution in [1.82, 2.24) is 24.9 Å². The average Bonchev–Trinajstić information content (AvgIpc) is 3.06. The molecule has 0 bridgehead atoms. The molecule has 2 N–H and O–H groups in total. The molecule has 5 rings (SSSR count). The molecule has 2 aliphatic rings. The molecule has 0 saturated carbocycles. The summed E-state index contributed by atoms with van der Waals surface area (Å²) in [5.74, 6) is 0.704. The zero-order valence-corrected chi connectivity index (χ0v) is 17.8. The first-order valence-electron chi connectivity index (χ1n) is 10.2. The van der Waals surface area contributed by atoms with Gasteiger partial charge in [-0.1, -0.05) is 11.8 Å². The number of piperidine rings is 1. The summed E-state index contributed by atoms with van der Waals surface area (Å²) >= 11 is 0.845. The summed E-state index contributed by atoms with van der Waals surface area (Å²) in [6, 6.07) is 2.04. The average molecular weight is 460 g/mol. The van der Waals surface area contributed by atoms with E-state index in [-0.39, 0.29) is 16.4 Å². The highest BCUT2D eigenvalue weighted by molar-refractivity contribution is 7.99. The van der Waals surface area contributed by atoms with Crippen LogP contribution >= 0.6 is 11.8 Å². The molecule has 0 aromatic carbocycles. The van der Waals surface area contributed by atoms with Crippen molar-refractivity contribution in [1.29, 1.82) is 0 Å². The van der Waals surface area contributed by atoms with Crippen LogP contribution in [0.2, 0.25) is 0 Å². The van der Waals surface area contributed by atoms with Crippen molar-refractivity contribution in [3.63, 3.8) is 0 Å². The van der Waals surface area contributed by atoms with E-state index in [1.807, 2.05) is 12.4 Å². The Labute approximate surface area is 186 Å². The van der Waals surface area contributed by atoms with Gasteiger partial charge >= 0.3 is 6.18 Å². The van der Waals surface area contributed by atoms with E-state index in [2.05, 4.69) is 35.9 Å². The fourth-order valence-electron chi connectivity index (χ4n) is 4.61. The van der Waals surface area contributed by atoms with Crippen LogP contribution in [0.1, 0.15) is 35.7 Å². The fourth-order valence-corrected chi connectivity index (χ4v) is 5.42. The molecule has 1 fully saturated rings. The van der Waals surface area contributed by atoms with Crippen molar-refractivity contribution in [3.8, 4) is 0 Å². The zero-order chi connectivity index (χ0) is 22.3. The van der Waals surface area contributed by atoms with Gasteiger partial charge in [0.2, 0.25) is 0 Å². The molecule has 1 aliphatic carbocycles. The first-order valence-corrected chi connectivity index (χ1v) is 11.0. The summed E-state index contributed by atoms with van der Waals surface area (Å²) in [4.78, 5) is 22.1. The van der Waals surface area contributed by atoms with Crippen molar-refractivity contribution in [2.45, 2.75) is 41.4 Å². The van der Waals surface area contributed by atoms with E-state index in [1.165, 1.54) is 11.8 Å². The van der Waals surface area contributed by atoms with E-state index < -0.39 is 11.9 Å². The van der Waals surface area contributed by atoms with Crippen LogP contribution in [0.4, 0.5) is 19.0 Å². The van der Waals surface area contributed by atoms with Gasteiger partial charge in [0, 0.05) is 37.7 Å². The number of anilines is 1. The van der Waals surface area contributed by atoms with Crippen molar-refractivity contribution in [2.75, 3.05) is 18.0 Å². The number of pyridine rings is 1. The van der Waals surface area contributed by atoms with Gasteiger partial charge in [-0.05, 0) is 41.9 Å². The molecule has 1 spiro atoms. The van der Waals surface area contributed by atoms with E-state index in [1.54, 1.807) is 6.20 Å². The van der Waals surface area contributed by atoms with Gasteiger partial charge in [-0.25, -0.2) is 19.9 Å². The van der Waals surface area contributed by atoms with Gasteiger partial charge in [0.15, 0.2) is 5.69 Å². The number of hydrogen-bond acceptors (Lipinski definition) is 8. The molecule has 0 amide bonds. The number of nitrogens with zero attached hydrogens (tertiary/aromatic N) is 6. The molecule has 0 unspecified atom stereocenters. The molecule has 4 heterocycles. The van der Waals surface area contributed by atoms with Crippen LogP contribution in [-0.4, -0.2) is 38.0 Å². The lowest BCUT2D eigenvalue weighted by Gasteiger charge is -2.42. The smallest absolute Gasteiger partial charge is 0.355 e. The monoisotopic (exact) mass is 459 g/mol. The molecule has 3 aromatic heterocycles. The van der Waals surface area contributed by atoms with Gasteiger partial charge in [0.1, 0.15) is 17.2 Å². The Bertz CT molecular complexity index is 1110. The molecule has 11 heteroatoms. The second kappa shape index (κ2) is 7.96. The highest BCUT2D eigenvalue weighted by Crippen LogP contribution is 2.50. The SMILES string of the molecule is N[C@@H]1c2cnccc2CC12CCN(c1cnc(Sc3cncnc3C(F)(F)F)cn1)CC2. The van der Waals surface area contributed by atoms with E-state index in [9.17, 15) is 13.2 Å². The maximum atomic E-state index is 13.1. The summed E-state index contributed by atoms with van der Waals surface area (Å²) < 4.78 is 39.4. The van der Waals surface area contributed by atoms with Gasteiger partial charge in [0.25, 0.3) is 0 Å². The van der Waals surface area contributed by atoms with E-state index in [0.717, 1.165) is 62.2 Å². The van der Waals surface area contributed by atoms with Crippen LogP contribution in [-0.2, 0) is 12.6 Å². The topological polar surface area (TPSA) is 93.7 Å². The maximum Gasteiger partial charge on any atom is 0.434 e. The first kappa shape index (κ1) is 21.1. The summed E-state index contributed by atoms with van der Waals surface area (Å²) in [7, 11) is 0. The standard InChI is InChI=1S/C21H20F3N7S/c22-21(23,24)19-15(9-27-12-30-19)32-17-11-28-16(10-29-17)31-5-2-20(3-6-31)7-13-1-4-26-8-14(13)18(20)25/h1,4,8-12,18H,2-3,5-7,25H2/t18-/m1/s1. The number of alkyl halides is 3. The Morgan fingerprint density at radius 2 is 1.84 bits per heavy atom. The summed E-state index contributed by atoms with van der Waals surface area (Å²) in [5, 5.41) is 0.350. The first-order chi connectivity index (χ1) is 15.4. The fraction of sp³-hybridized carbons (Fsp3) is 0.381. The number of rotatable bonds is 3. The summed E-state index contributed by atoms with van der Waals surface area (Å²) in [6.45, 7) is 1.59. The van der Waals surface area contributed by atoms with E-state index >= 15 is 0 Å². The second-order valence-electron chi connectivity index (χ2n) is 8.13. The molecular weight excluding hydrogens is 439 g/mol. The largest absolute Gasteiger partial charge is 0.434 e. The molecule has 1 saturated heterocycles. The Hall–Kier alpha value is -2.79. The second-order valence-corrected chi connectivity index (χ2v) is 9.19. The highest BCUT2D eigenvalue weighted by atomic mass is 32.2. The maximum absolute atomic E-state index is 13.1. The Kier molecular flexibility index (Phi) is 5.25. The molecule has 7 nitrogen and oxygen atoms in total. The number of aromatic nitrogens is 5. The van der Waals surface area contributed by atoms with Crippen molar-refractivity contribution in [3.05, 3.63) is 60.2 Å². The predicted octanol–water partition coefficient (Wildman–Crippen LogP) is 3.67. The van der Waals surface area contributed by atoms with Crippen LogP contribution < -0.4 is 10.6 Å². The lowest BCUT2D eigenvalue weighted by molar-refractivity contribution is -0.143. The third-order valence-corrected chi connectivity index (χ3v) is 7.28. The minimum Gasteiger partial charge on any atom is -0.355 e. The highest BCUT2D eigenvalue weighted by Gasteiger charge is 2.46. The third kappa shape index (κ3) is 3.79. The van der Waals surface area contributed by atoms with Gasteiger partial charge in [-0.15, -0.1) is 0 Å². The molecule has 1 atom stereocenters. The van der Waals surface area contributed by atoms with Crippen LogP contribution in [0.15, 0.2) is 53.3 Å². The lowest BCUT2D eigenvalue weighted by Crippen LogP contribution is -2.44. The lowest BCUT2D eigenvalue weighted by atomic mass is 9.73. The molecule has 1 aliphatic heterocycles. The minimum absolute atomic E-state index is 0.0193. The van der Waals surface area contributed by atoms with Crippen LogP contribution in [0.25, 0.3) is 0 Å². The summed E-state index contributed by atoms with van der Waals surface area (Å²) in [5.41, 5.74) is 8.08. The number of nitrogens with two attached hydrogens (primary N) is 1. The van der Waals surface area contributed by atoms with Gasteiger partial charge in [-0.2, -0.15) is 13.2 Å². The number of fused-ring (bicyclic) bond motifs is 1. The molecular formula is C21H20F3N7S. The number of hydrogen-bond donors (Lipinski definition) is 1. The normalized spacial score (nSPS) is 19.9. The zero-order valence-electron chi connectivity index (χ0n) is 17.0. The van der Waals surface area contributed by atoms with E-state index in [0.29, 0.717) is 10.8 Å². The van der Waals surface area contributed by atoms with Crippen LogP contribution in [0.3, 0.4) is 0 Å². The molecule has 166 valence electrons. The van der Waals surface area contributed by atoms with E-state index in [4.69, 9.17) is 5.73 Å². The minimum atomic E-state index is -4.56. The predicted molar refractivity (Wildman–Crippen MR) is 112 cm³/mol. The Morgan fingerprint density at radius 1 is 1.03 bits per heavy atom.